The number of ether oxygens (including phenoxy) is 1. The van der Waals surface area contributed by atoms with Gasteiger partial charge in [0.25, 0.3) is 0 Å². The van der Waals surface area contributed by atoms with E-state index in [0.717, 1.165) is 33.5 Å². The summed E-state index contributed by atoms with van der Waals surface area (Å²) >= 11 is 3.59. The molecule has 0 saturated heterocycles. The Bertz CT molecular complexity index is 1510. The van der Waals surface area contributed by atoms with Gasteiger partial charge in [0.05, 0.1) is 11.7 Å². The largest absolute Gasteiger partial charge is 0.488 e. The predicted molar refractivity (Wildman–Crippen MR) is 161 cm³/mol. The lowest BCUT2D eigenvalue weighted by molar-refractivity contribution is 0.306. The molecule has 6 rings (SSSR count). The molecule has 0 amide bonds. The van der Waals surface area contributed by atoms with Gasteiger partial charge in [0.2, 0.25) is 0 Å². The minimum Gasteiger partial charge on any atom is -0.488 e. The summed E-state index contributed by atoms with van der Waals surface area (Å²) in [6, 6.07) is 30.2. The quantitative estimate of drug-likeness (QED) is 0.187. The fraction of sp³-hybridized carbons (Fsp3) is 0.206. The number of rotatable bonds is 6. The van der Waals surface area contributed by atoms with Gasteiger partial charge in [-0.05, 0) is 79.3 Å². The summed E-state index contributed by atoms with van der Waals surface area (Å²) < 4.78 is 7.15. The molecule has 0 bridgehead atoms. The predicted octanol–water partition coefficient (Wildman–Crippen LogP) is 9.22. The molecule has 4 aromatic rings. The van der Waals surface area contributed by atoms with Gasteiger partial charge in [-0.3, -0.25) is 4.99 Å². The van der Waals surface area contributed by atoms with E-state index >= 15 is 0 Å². The average molecular weight is 564 g/mol. The minimum absolute atomic E-state index is 0.287. The molecule has 1 heterocycles. The molecule has 1 aliphatic heterocycles. The second-order valence-electron chi connectivity index (χ2n) is 10.4. The summed E-state index contributed by atoms with van der Waals surface area (Å²) in [7, 11) is 0. The first kappa shape index (κ1) is 24.7. The van der Waals surface area contributed by atoms with Crippen LogP contribution in [0.15, 0.2) is 107 Å². The van der Waals surface area contributed by atoms with Crippen LogP contribution in [0.2, 0.25) is 0 Å². The number of hydrogen-bond acceptors (Lipinski definition) is 3. The number of anilines is 1. The van der Waals surface area contributed by atoms with Crippen LogP contribution in [0.4, 0.5) is 11.4 Å². The van der Waals surface area contributed by atoms with Crippen LogP contribution in [0.3, 0.4) is 0 Å². The van der Waals surface area contributed by atoms with E-state index in [1.54, 1.807) is 0 Å². The van der Waals surface area contributed by atoms with E-state index in [-0.39, 0.29) is 6.04 Å². The van der Waals surface area contributed by atoms with Crippen LogP contribution in [0.25, 0.3) is 0 Å². The van der Waals surface area contributed by atoms with E-state index in [1.807, 2.05) is 24.4 Å². The van der Waals surface area contributed by atoms with Crippen LogP contribution < -0.4 is 10.1 Å². The Hall–Kier alpha value is -3.63. The molecule has 0 unspecified atom stereocenters. The Morgan fingerprint density at radius 2 is 1.71 bits per heavy atom. The van der Waals surface area contributed by atoms with E-state index in [9.17, 15) is 0 Å². The van der Waals surface area contributed by atoms with Crippen molar-refractivity contribution in [3.05, 3.63) is 135 Å². The number of fused-ring (bicyclic) bond motifs is 3. The van der Waals surface area contributed by atoms with Crippen molar-refractivity contribution in [2.75, 3.05) is 5.32 Å². The Labute approximate surface area is 233 Å². The third kappa shape index (κ3) is 5.19. The molecule has 1 N–H and O–H groups in total. The number of aryl methyl sites for hydroxylation is 2. The van der Waals surface area contributed by atoms with E-state index < -0.39 is 0 Å². The van der Waals surface area contributed by atoms with Crippen molar-refractivity contribution in [1.82, 2.24) is 0 Å². The SMILES string of the molecule is Cc1ccc(COc2ccc(Br)cc2C=Nc2ccc([C@@H]3Nc4ccc(C)cc4[C@H]4C=CC[C@H]43)cc2)cc1. The molecule has 3 atom stereocenters. The van der Waals surface area contributed by atoms with Gasteiger partial charge < -0.3 is 10.1 Å². The summed E-state index contributed by atoms with van der Waals surface area (Å²) in [4.78, 5) is 4.78. The maximum atomic E-state index is 6.15. The number of hydrogen-bond donors (Lipinski definition) is 1. The molecule has 0 aromatic heterocycles. The summed E-state index contributed by atoms with van der Waals surface area (Å²) in [5.74, 6) is 1.83. The molecule has 4 aromatic carbocycles. The van der Waals surface area contributed by atoms with Gasteiger partial charge in [-0.25, -0.2) is 0 Å². The molecule has 1 aliphatic carbocycles. The highest BCUT2D eigenvalue weighted by molar-refractivity contribution is 9.10. The molecular formula is C34H31BrN2O. The smallest absolute Gasteiger partial charge is 0.128 e. The summed E-state index contributed by atoms with van der Waals surface area (Å²) in [6.07, 6.45) is 7.73. The van der Waals surface area contributed by atoms with Crippen molar-refractivity contribution in [1.29, 1.82) is 0 Å². The fourth-order valence-corrected chi connectivity index (χ4v) is 5.93. The zero-order chi connectivity index (χ0) is 26.1. The summed E-state index contributed by atoms with van der Waals surface area (Å²) in [5.41, 5.74) is 9.56. The molecule has 38 heavy (non-hydrogen) atoms. The van der Waals surface area contributed by atoms with Gasteiger partial charge in [-0.1, -0.05) is 87.7 Å². The first-order valence-electron chi connectivity index (χ1n) is 13.2. The van der Waals surface area contributed by atoms with Crippen LogP contribution in [0.1, 0.15) is 51.8 Å². The van der Waals surface area contributed by atoms with Crippen molar-refractivity contribution in [2.24, 2.45) is 10.9 Å². The topological polar surface area (TPSA) is 33.6 Å². The molecule has 4 heteroatoms. The second-order valence-corrected chi connectivity index (χ2v) is 11.3. The zero-order valence-electron chi connectivity index (χ0n) is 21.7. The number of aliphatic imine (C=N–C) groups is 1. The molecule has 2 aliphatic rings. The average Bonchev–Trinajstić information content (AvgIpc) is 3.43. The molecule has 0 radical (unpaired) electrons. The van der Waals surface area contributed by atoms with E-state index in [4.69, 9.17) is 9.73 Å². The number of benzene rings is 4. The highest BCUT2D eigenvalue weighted by atomic mass is 79.9. The van der Waals surface area contributed by atoms with Crippen molar-refractivity contribution >= 4 is 33.5 Å². The molecule has 3 nitrogen and oxygen atoms in total. The second kappa shape index (κ2) is 10.6. The first-order valence-corrected chi connectivity index (χ1v) is 14.0. The first-order chi connectivity index (χ1) is 18.5. The van der Waals surface area contributed by atoms with Crippen LogP contribution in [0.5, 0.6) is 5.75 Å². The Morgan fingerprint density at radius 1 is 0.921 bits per heavy atom. The number of nitrogens with one attached hydrogen (secondary N) is 1. The van der Waals surface area contributed by atoms with Crippen molar-refractivity contribution in [3.63, 3.8) is 0 Å². The lowest BCUT2D eigenvalue weighted by atomic mass is 9.76. The molecule has 0 fully saturated rings. The maximum absolute atomic E-state index is 6.15. The van der Waals surface area contributed by atoms with E-state index in [1.165, 1.54) is 27.9 Å². The summed E-state index contributed by atoms with van der Waals surface area (Å²) in [5, 5.41) is 3.83. The van der Waals surface area contributed by atoms with Crippen LogP contribution in [-0.2, 0) is 6.61 Å². The highest BCUT2D eigenvalue weighted by Crippen LogP contribution is 2.50. The van der Waals surface area contributed by atoms with E-state index in [2.05, 4.69) is 114 Å². The standard InChI is InChI=1S/C34H31BrN2O/c1-22-6-9-24(10-7-22)21-38-33-17-13-27(35)19-26(33)20-36-28-14-11-25(12-15-28)34-30-5-3-4-29(30)31-18-23(2)8-16-32(31)37-34/h3-4,6-20,29-30,34,37H,5,21H2,1-2H3/t29-,30+,34-/m0/s1. The zero-order valence-corrected chi connectivity index (χ0v) is 23.3. The van der Waals surface area contributed by atoms with Crippen molar-refractivity contribution in [3.8, 4) is 5.75 Å². The molecule has 190 valence electrons. The third-order valence-corrected chi connectivity index (χ3v) is 8.10. The highest BCUT2D eigenvalue weighted by Gasteiger charge is 2.37. The normalized spacial score (nSPS) is 19.7. The lowest BCUT2D eigenvalue weighted by Gasteiger charge is -2.37. The molecule has 0 spiro atoms. The number of halogens is 1. The van der Waals surface area contributed by atoms with Crippen LogP contribution in [0, 0.1) is 19.8 Å². The fourth-order valence-electron chi connectivity index (χ4n) is 5.55. The monoisotopic (exact) mass is 562 g/mol. The number of nitrogens with zero attached hydrogens (tertiary/aromatic N) is 1. The van der Waals surface area contributed by atoms with Crippen molar-refractivity contribution < 1.29 is 4.74 Å². The number of allylic oxidation sites excluding steroid dienone is 2. The summed E-state index contributed by atoms with van der Waals surface area (Å²) in [6.45, 7) is 4.78. The van der Waals surface area contributed by atoms with Gasteiger partial charge >= 0.3 is 0 Å². The third-order valence-electron chi connectivity index (χ3n) is 7.61. The van der Waals surface area contributed by atoms with Gasteiger partial charge in [0.1, 0.15) is 12.4 Å². The van der Waals surface area contributed by atoms with E-state index in [0.29, 0.717) is 18.4 Å². The van der Waals surface area contributed by atoms with Gasteiger partial charge in [-0.2, -0.15) is 0 Å². The maximum Gasteiger partial charge on any atom is 0.128 e. The Kier molecular flexibility index (Phi) is 6.90. The van der Waals surface area contributed by atoms with Gasteiger partial charge in [-0.15, -0.1) is 0 Å². The molecular weight excluding hydrogens is 532 g/mol. The lowest BCUT2D eigenvalue weighted by Crippen LogP contribution is -2.29. The van der Waals surface area contributed by atoms with Gasteiger partial charge in [0, 0.05) is 27.9 Å². The van der Waals surface area contributed by atoms with Crippen LogP contribution in [-0.4, -0.2) is 6.21 Å². The van der Waals surface area contributed by atoms with Crippen LogP contribution >= 0.6 is 15.9 Å². The van der Waals surface area contributed by atoms with Crippen molar-refractivity contribution in [2.45, 2.75) is 38.8 Å². The minimum atomic E-state index is 0.287. The Morgan fingerprint density at radius 3 is 2.53 bits per heavy atom. The van der Waals surface area contributed by atoms with Gasteiger partial charge in [0.15, 0.2) is 0 Å². The molecule has 0 saturated carbocycles. The Balaban J connectivity index is 1.19.